The molecule has 0 unspecified atom stereocenters. The summed E-state index contributed by atoms with van der Waals surface area (Å²) >= 11 is 3.54. The molecule has 0 heterocycles. The van der Waals surface area contributed by atoms with E-state index < -0.39 is 0 Å². The highest BCUT2D eigenvalue weighted by Gasteiger charge is 2.09. The molecule has 0 amide bonds. The van der Waals surface area contributed by atoms with Gasteiger partial charge in [0.15, 0.2) is 0 Å². The minimum absolute atomic E-state index is 0. The second kappa shape index (κ2) is 5.13. The molecule has 0 saturated heterocycles. The van der Waals surface area contributed by atoms with Crippen molar-refractivity contribution in [2.45, 2.75) is 6.54 Å². The van der Waals surface area contributed by atoms with Crippen molar-refractivity contribution in [3.05, 3.63) is 34.3 Å². The Hall–Kier alpha value is 0.140. The molecular formula is C10H15Br2N. The normalized spacial score (nSPS) is 10.8. The number of hydrogen-bond acceptors (Lipinski definition) is 0. The van der Waals surface area contributed by atoms with Crippen LogP contribution in [0.5, 0.6) is 0 Å². The van der Waals surface area contributed by atoms with E-state index in [9.17, 15) is 0 Å². The first kappa shape index (κ1) is 13.1. The average molecular weight is 309 g/mol. The Labute approximate surface area is 99.2 Å². The van der Waals surface area contributed by atoms with Crippen molar-refractivity contribution in [1.29, 1.82) is 0 Å². The van der Waals surface area contributed by atoms with Gasteiger partial charge >= 0.3 is 0 Å². The number of rotatable bonds is 2. The van der Waals surface area contributed by atoms with Crippen LogP contribution in [-0.4, -0.2) is 25.6 Å². The van der Waals surface area contributed by atoms with Crippen LogP contribution in [0.15, 0.2) is 28.7 Å². The van der Waals surface area contributed by atoms with Gasteiger partial charge in [0.2, 0.25) is 0 Å². The molecule has 0 atom stereocenters. The molecule has 1 aromatic carbocycles. The Morgan fingerprint density at radius 1 is 1.15 bits per heavy atom. The second-order valence-electron chi connectivity index (χ2n) is 4.04. The third-order valence-electron chi connectivity index (χ3n) is 1.60. The maximum atomic E-state index is 3.54. The molecule has 0 saturated carbocycles. The molecule has 0 bridgehead atoms. The van der Waals surface area contributed by atoms with Crippen LogP contribution in [0.3, 0.4) is 0 Å². The SMILES string of the molecule is C[N+](C)(C)Cc1ccccc1Br.[Br-]. The molecule has 0 aliphatic carbocycles. The van der Waals surface area contributed by atoms with Gasteiger partial charge in [-0.15, -0.1) is 0 Å². The van der Waals surface area contributed by atoms with E-state index in [1.54, 1.807) is 0 Å². The summed E-state index contributed by atoms with van der Waals surface area (Å²) in [6.45, 7) is 1.06. The highest BCUT2D eigenvalue weighted by molar-refractivity contribution is 9.10. The Morgan fingerprint density at radius 2 is 1.69 bits per heavy atom. The van der Waals surface area contributed by atoms with Gasteiger partial charge in [0.05, 0.1) is 21.1 Å². The molecule has 1 rings (SSSR count). The lowest BCUT2D eigenvalue weighted by atomic mass is 10.2. The van der Waals surface area contributed by atoms with Crippen molar-refractivity contribution in [3.8, 4) is 0 Å². The van der Waals surface area contributed by atoms with Crippen LogP contribution in [-0.2, 0) is 6.54 Å². The lowest BCUT2D eigenvalue weighted by Gasteiger charge is -2.24. The highest BCUT2D eigenvalue weighted by Crippen LogP contribution is 2.18. The van der Waals surface area contributed by atoms with Crippen LogP contribution in [0.25, 0.3) is 0 Å². The molecule has 1 nitrogen and oxygen atoms in total. The van der Waals surface area contributed by atoms with Gasteiger partial charge in [-0.1, -0.05) is 34.1 Å². The number of quaternary nitrogens is 1. The fourth-order valence-corrected chi connectivity index (χ4v) is 1.55. The van der Waals surface area contributed by atoms with E-state index in [0.717, 1.165) is 11.0 Å². The number of halogens is 2. The van der Waals surface area contributed by atoms with Gasteiger partial charge in [0.25, 0.3) is 0 Å². The number of hydrogen-bond donors (Lipinski definition) is 0. The molecule has 74 valence electrons. The highest BCUT2D eigenvalue weighted by atomic mass is 79.9. The Bertz CT molecular complexity index is 266. The van der Waals surface area contributed by atoms with Gasteiger partial charge in [-0.3, -0.25) is 0 Å². The van der Waals surface area contributed by atoms with E-state index in [0.29, 0.717) is 0 Å². The number of nitrogens with zero attached hydrogens (tertiary/aromatic N) is 1. The Morgan fingerprint density at radius 3 is 2.15 bits per heavy atom. The quantitative estimate of drug-likeness (QED) is 0.656. The van der Waals surface area contributed by atoms with E-state index in [1.165, 1.54) is 10.0 Å². The maximum Gasteiger partial charge on any atom is 0.105 e. The molecule has 0 radical (unpaired) electrons. The lowest BCUT2D eigenvalue weighted by molar-refractivity contribution is -0.884. The van der Waals surface area contributed by atoms with E-state index in [4.69, 9.17) is 0 Å². The fraction of sp³-hybridized carbons (Fsp3) is 0.400. The van der Waals surface area contributed by atoms with E-state index in [-0.39, 0.29) is 17.0 Å². The first-order valence-corrected chi connectivity index (χ1v) is 4.82. The molecule has 0 aliphatic heterocycles. The number of benzene rings is 1. The van der Waals surface area contributed by atoms with Gasteiger partial charge in [0.1, 0.15) is 6.54 Å². The molecule has 1 aromatic rings. The van der Waals surface area contributed by atoms with Gasteiger partial charge in [-0.05, 0) is 6.07 Å². The van der Waals surface area contributed by atoms with Crippen molar-refractivity contribution in [3.63, 3.8) is 0 Å². The lowest BCUT2D eigenvalue weighted by Crippen LogP contribution is -3.00. The van der Waals surface area contributed by atoms with Crippen molar-refractivity contribution in [1.82, 2.24) is 0 Å². The molecular weight excluding hydrogens is 294 g/mol. The predicted octanol–water partition coefficient (Wildman–Crippen LogP) is -0.341. The maximum absolute atomic E-state index is 3.54. The summed E-state index contributed by atoms with van der Waals surface area (Å²) in [7, 11) is 6.58. The molecule has 3 heteroatoms. The van der Waals surface area contributed by atoms with E-state index >= 15 is 0 Å². The molecule has 13 heavy (non-hydrogen) atoms. The van der Waals surface area contributed by atoms with Crippen LogP contribution in [0.2, 0.25) is 0 Å². The van der Waals surface area contributed by atoms with Gasteiger partial charge in [-0.2, -0.15) is 0 Å². The zero-order chi connectivity index (χ0) is 9.19. The first-order chi connectivity index (χ1) is 5.49. The largest absolute Gasteiger partial charge is 1.00 e. The summed E-state index contributed by atoms with van der Waals surface area (Å²) < 4.78 is 2.17. The van der Waals surface area contributed by atoms with E-state index in [2.05, 4.69) is 55.3 Å². The molecule has 0 aromatic heterocycles. The summed E-state index contributed by atoms with van der Waals surface area (Å²) in [5.41, 5.74) is 1.37. The Kier molecular flexibility index (Phi) is 5.18. The van der Waals surface area contributed by atoms with Crippen LogP contribution >= 0.6 is 15.9 Å². The van der Waals surface area contributed by atoms with Crippen molar-refractivity contribution in [2.75, 3.05) is 21.1 Å². The fourth-order valence-electron chi connectivity index (χ4n) is 1.14. The predicted molar refractivity (Wildman–Crippen MR) is 55.9 cm³/mol. The standard InChI is InChI=1S/C10H15BrN.BrH/c1-12(2,3)8-9-6-4-5-7-10(9)11;/h4-7H,8H2,1-3H3;1H/q+1;/p-1. The summed E-state index contributed by atoms with van der Waals surface area (Å²) in [5, 5.41) is 0. The molecule has 0 spiro atoms. The van der Waals surface area contributed by atoms with Crippen LogP contribution in [0.1, 0.15) is 5.56 Å². The van der Waals surface area contributed by atoms with Crippen molar-refractivity contribution >= 4 is 15.9 Å². The zero-order valence-corrected chi connectivity index (χ0v) is 11.4. The van der Waals surface area contributed by atoms with Crippen molar-refractivity contribution in [2.24, 2.45) is 0 Å². The van der Waals surface area contributed by atoms with Crippen LogP contribution < -0.4 is 17.0 Å². The minimum Gasteiger partial charge on any atom is -1.00 e. The topological polar surface area (TPSA) is 0 Å². The molecule has 0 fully saturated rings. The van der Waals surface area contributed by atoms with Crippen LogP contribution in [0, 0.1) is 0 Å². The summed E-state index contributed by atoms with van der Waals surface area (Å²) in [4.78, 5) is 0. The monoisotopic (exact) mass is 307 g/mol. The first-order valence-electron chi connectivity index (χ1n) is 4.03. The summed E-state index contributed by atoms with van der Waals surface area (Å²) in [5.74, 6) is 0. The van der Waals surface area contributed by atoms with Gasteiger partial charge in [0, 0.05) is 10.0 Å². The molecule has 0 aliphatic rings. The third-order valence-corrected chi connectivity index (χ3v) is 2.38. The second-order valence-corrected chi connectivity index (χ2v) is 4.89. The summed E-state index contributed by atoms with van der Waals surface area (Å²) in [6, 6.07) is 8.37. The van der Waals surface area contributed by atoms with Gasteiger partial charge < -0.3 is 21.5 Å². The smallest absolute Gasteiger partial charge is 0.105 e. The van der Waals surface area contributed by atoms with Gasteiger partial charge in [-0.25, -0.2) is 0 Å². The third kappa shape index (κ3) is 4.79. The summed E-state index contributed by atoms with van der Waals surface area (Å²) in [6.07, 6.45) is 0. The molecule has 0 N–H and O–H groups in total. The Balaban J connectivity index is 0.00000144. The van der Waals surface area contributed by atoms with Crippen molar-refractivity contribution < 1.29 is 21.5 Å². The zero-order valence-electron chi connectivity index (χ0n) is 8.22. The minimum atomic E-state index is 0. The van der Waals surface area contributed by atoms with Crippen LogP contribution in [0.4, 0.5) is 0 Å². The average Bonchev–Trinajstić information content (AvgIpc) is 1.91. The van der Waals surface area contributed by atoms with E-state index in [1.807, 2.05) is 6.07 Å².